The number of hydrogen-bond acceptors (Lipinski definition) is 2. The molecule has 0 radical (unpaired) electrons. The lowest BCUT2D eigenvalue weighted by molar-refractivity contribution is -0.124. The van der Waals surface area contributed by atoms with Crippen LogP contribution in [0, 0.1) is 5.92 Å². The number of carbonyl (C=O) groups excluding carboxylic acids is 1. The third kappa shape index (κ3) is 2.81. The second kappa shape index (κ2) is 5.14. The predicted molar refractivity (Wildman–Crippen MR) is 50.7 cm³/mol. The van der Waals surface area contributed by atoms with E-state index in [2.05, 4.69) is 13.8 Å². The summed E-state index contributed by atoms with van der Waals surface area (Å²) in [4.78, 5) is 13.0. The lowest BCUT2D eigenvalue weighted by Crippen LogP contribution is -2.45. The fourth-order valence-electron chi connectivity index (χ4n) is 1.64. The molecular weight excluding hydrogens is 152 g/mol. The average Bonchev–Trinajstić information content (AvgIpc) is 1.98. The van der Waals surface area contributed by atoms with Gasteiger partial charge in [0.15, 0.2) is 0 Å². The normalized spacial score (nSPS) is 13.8. The highest BCUT2D eigenvalue weighted by atomic mass is 16.1. The van der Waals surface area contributed by atoms with Gasteiger partial charge in [-0.15, -0.1) is 0 Å². The van der Waals surface area contributed by atoms with Gasteiger partial charge in [-0.05, 0) is 20.0 Å². The van der Waals surface area contributed by atoms with Crippen LogP contribution in [0.5, 0.6) is 0 Å². The van der Waals surface area contributed by atoms with Gasteiger partial charge in [-0.2, -0.15) is 0 Å². The summed E-state index contributed by atoms with van der Waals surface area (Å²) in [5.74, 6) is 0.172. The minimum atomic E-state index is -0.214. The zero-order chi connectivity index (χ0) is 9.72. The first-order chi connectivity index (χ1) is 5.54. The first kappa shape index (κ1) is 11.4. The Kier molecular flexibility index (Phi) is 4.90. The molecule has 0 aliphatic heterocycles. The molecule has 12 heavy (non-hydrogen) atoms. The molecule has 0 aromatic rings. The molecule has 2 N–H and O–H groups in total. The standard InChI is InChI=1S/C9H20N2O/c1-5-7(6-2)8(9(10)12)11(3)4/h7-8H,5-6H2,1-4H3,(H2,10,12). The van der Waals surface area contributed by atoms with E-state index in [1.54, 1.807) is 0 Å². The summed E-state index contributed by atoms with van der Waals surface area (Å²) < 4.78 is 0. The van der Waals surface area contributed by atoms with Crippen LogP contribution in [0.2, 0.25) is 0 Å². The molecule has 1 unspecified atom stereocenters. The van der Waals surface area contributed by atoms with E-state index in [1.165, 1.54) is 0 Å². The monoisotopic (exact) mass is 172 g/mol. The Morgan fingerprint density at radius 3 is 1.83 bits per heavy atom. The van der Waals surface area contributed by atoms with Gasteiger partial charge in [0.25, 0.3) is 0 Å². The molecule has 72 valence electrons. The van der Waals surface area contributed by atoms with Crippen LogP contribution in [-0.2, 0) is 4.79 Å². The summed E-state index contributed by atoms with van der Waals surface area (Å²) in [6.07, 6.45) is 2.00. The zero-order valence-electron chi connectivity index (χ0n) is 8.50. The van der Waals surface area contributed by atoms with Crippen molar-refractivity contribution in [3.63, 3.8) is 0 Å². The molecule has 0 aliphatic rings. The maximum atomic E-state index is 11.1. The van der Waals surface area contributed by atoms with Gasteiger partial charge in [0, 0.05) is 0 Å². The number of nitrogens with zero attached hydrogens (tertiary/aromatic N) is 1. The summed E-state index contributed by atoms with van der Waals surface area (Å²) in [6.45, 7) is 4.18. The van der Waals surface area contributed by atoms with Crippen LogP contribution in [0.15, 0.2) is 0 Å². The van der Waals surface area contributed by atoms with E-state index in [0.717, 1.165) is 12.8 Å². The predicted octanol–water partition coefficient (Wildman–Crippen LogP) is 0.838. The first-order valence-corrected chi connectivity index (χ1v) is 4.50. The largest absolute Gasteiger partial charge is 0.368 e. The van der Waals surface area contributed by atoms with E-state index < -0.39 is 0 Å². The minimum Gasteiger partial charge on any atom is -0.368 e. The third-order valence-corrected chi connectivity index (χ3v) is 2.34. The molecule has 0 spiro atoms. The van der Waals surface area contributed by atoms with Crippen molar-refractivity contribution in [3.05, 3.63) is 0 Å². The molecule has 0 aliphatic carbocycles. The van der Waals surface area contributed by atoms with Gasteiger partial charge in [0.05, 0.1) is 6.04 Å². The van der Waals surface area contributed by atoms with Crippen molar-refractivity contribution in [2.75, 3.05) is 14.1 Å². The van der Waals surface area contributed by atoms with Crippen LogP contribution in [0.25, 0.3) is 0 Å². The Morgan fingerprint density at radius 2 is 1.75 bits per heavy atom. The van der Waals surface area contributed by atoms with Gasteiger partial charge < -0.3 is 5.73 Å². The fraction of sp³-hybridized carbons (Fsp3) is 0.889. The highest BCUT2D eigenvalue weighted by molar-refractivity contribution is 5.80. The average molecular weight is 172 g/mol. The molecule has 0 saturated heterocycles. The number of primary amides is 1. The van der Waals surface area contributed by atoms with Crippen LogP contribution in [-0.4, -0.2) is 30.9 Å². The lowest BCUT2D eigenvalue weighted by Gasteiger charge is -2.28. The summed E-state index contributed by atoms with van der Waals surface area (Å²) in [5, 5.41) is 0. The molecule has 0 saturated carbocycles. The van der Waals surface area contributed by atoms with Crippen LogP contribution in [0.1, 0.15) is 26.7 Å². The molecule has 3 nitrogen and oxygen atoms in total. The third-order valence-electron chi connectivity index (χ3n) is 2.34. The number of carbonyl (C=O) groups is 1. The smallest absolute Gasteiger partial charge is 0.235 e. The Hall–Kier alpha value is -0.570. The second-order valence-corrected chi connectivity index (χ2v) is 3.39. The van der Waals surface area contributed by atoms with Crippen molar-refractivity contribution in [3.8, 4) is 0 Å². The lowest BCUT2D eigenvalue weighted by atomic mass is 9.93. The second-order valence-electron chi connectivity index (χ2n) is 3.39. The van der Waals surface area contributed by atoms with Crippen molar-refractivity contribution in [2.24, 2.45) is 11.7 Å². The van der Waals surface area contributed by atoms with Crippen LogP contribution in [0.3, 0.4) is 0 Å². The molecule has 1 amide bonds. The molecule has 0 fully saturated rings. The van der Waals surface area contributed by atoms with Crippen molar-refractivity contribution in [1.29, 1.82) is 0 Å². The number of rotatable bonds is 5. The minimum absolute atomic E-state index is 0.111. The number of hydrogen-bond donors (Lipinski definition) is 1. The van der Waals surface area contributed by atoms with Crippen LogP contribution >= 0.6 is 0 Å². The van der Waals surface area contributed by atoms with E-state index in [1.807, 2.05) is 19.0 Å². The van der Waals surface area contributed by atoms with E-state index in [-0.39, 0.29) is 11.9 Å². The summed E-state index contributed by atoms with van der Waals surface area (Å²) in [7, 11) is 3.79. The first-order valence-electron chi connectivity index (χ1n) is 4.50. The van der Waals surface area contributed by atoms with E-state index in [0.29, 0.717) is 5.92 Å². The van der Waals surface area contributed by atoms with Gasteiger partial charge in [-0.3, -0.25) is 9.69 Å². The van der Waals surface area contributed by atoms with Gasteiger partial charge >= 0.3 is 0 Å². The van der Waals surface area contributed by atoms with Crippen LogP contribution < -0.4 is 5.73 Å². The summed E-state index contributed by atoms with van der Waals surface area (Å²) >= 11 is 0. The Balaban J connectivity index is 4.36. The molecular formula is C9H20N2O. The Morgan fingerprint density at radius 1 is 1.33 bits per heavy atom. The molecule has 0 aromatic heterocycles. The van der Waals surface area contributed by atoms with Crippen molar-refractivity contribution < 1.29 is 4.79 Å². The fourth-order valence-corrected chi connectivity index (χ4v) is 1.64. The molecule has 0 rings (SSSR count). The van der Waals surface area contributed by atoms with Crippen molar-refractivity contribution in [2.45, 2.75) is 32.7 Å². The van der Waals surface area contributed by atoms with E-state index in [9.17, 15) is 4.79 Å². The maximum Gasteiger partial charge on any atom is 0.235 e. The van der Waals surface area contributed by atoms with Gasteiger partial charge in [0.2, 0.25) is 5.91 Å². The van der Waals surface area contributed by atoms with Gasteiger partial charge in [0.1, 0.15) is 0 Å². The number of nitrogens with two attached hydrogens (primary N) is 1. The van der Waals surface area contributed by atoms with Crippen molar-refractivity contribution in [1.82, 2.24) is 4.90 Å². The maximum absolute atomic E-state index is 11.1. The molecule has 0 aromatic carbocycles. The summed E-state index contributed by atoms with van der Waals surface area (Å²) in [6, 6.07) is -0.111. The zero-order valence-corrected chi connectivity index (χ0v) is 8.50. The molecule has 3 heteroatoms. The molecule has 0 heterocycles. The van der Waals surface area contributed by atoms with E-state index in [4.69, 9.17) is 5.73 Å². The van der Waals surface area contributed by atoms with Crippen LogP contribution in [0.4, 0.5) is 0 Å². The topological polar surface area (TPSA) is 46.3 Å². The van der Waals surface area contributed by atoms with Gasteiger partial charge in [-0.1, -0.05) is 26.7 Å². The highest BCUT2D eigenvalue weighted by Crippen LogP contribution is 2.16. The van der Waals surface area contributed by atoms with E-state index >= 15 is 0 Å². The number of likely N-dealkylation sites (N-methyl/N-ethyl adjacent to an activating group) is 1. The molecule has 0 bridgehead atoms. The molecule has 1 atom stereocenters. The Bertz CT molecular complexity index is 141. The SMILES string of the molecule is CCC(CC)C(C(N)=O)N(C)C. The summed E-state index contributed by atoms with van der Waals surface area (Å²) in [5.41, 5.74) is 5.31. The quantitative estimate of drug-likeness (QED) is 0.668. The number of amides is 1. The highest BCUT2D eigenvalue weighted by Gasteiger charge is 2.25. The Labute approximate surface area is 74.9 Å². The van der Waals surface area contributed by atoms with Crippen molar-refractivity contribution >= 4 is 5.91 Å². The van der Waals surface area contributed by atoms with Gasteiger partial charge in [-0.25, -0.2) is 0 Å².